The predicted molar refractivity (Wildman–Crippen MR) is 59.4 cm³/mol. The van der Waals surface area contributed by atoms with Crippen LogP contribution in [0.5, 0.6) is 0 Å². The van der Waals surface area contributed by atoms with Gasteiger partial charge in [0.05, 0.1) is 16.8 Å². The molecule has 0 saturated carbocycles. The van der Waals surface area contributed by atoms with Crippen LogP contribution in [0.25, 0.3) is 0 Å². The van der Waals surface area contributed by atoms with E-state index in [0.29, 0.717) is 17.7 Å². The van der Waals surface area contributed by atoms with Crippen LogP contribution in [0.15, 0.2) is 35.2 Å². The van der Waals surface area contributed by atoms with E-state index >= 15 is 0 Å². The molecule has 0 aromatic heterocycles. The first kappa shape index (κ1) is 12.2. The van der Waals surface area contributed by atoms with Crippen LogP contribution in [-0.4, -0.2) is 25.4 Å². The van der Waals surface area contributed by atoms with Gasteiger partial charge in [-0.3, -0.25) is 0 Å². The van der Waals surface area contributed by atoms with Crippen molar-refractivity contribution in [1.82, 2.24) is 0 Å². The Morgan fingerprint density at radius 1 is 1.27 bits per heavy atom. The molecule has 1 N–H and O–H groups in total. The lowest BCUT2D eigenvalue weighted by Crippen LogP contribution is -2.09. The molecule has 0 radical (unpaired) electrons. The second kappa shape index (κ2) is 5.28. The summed E-state index contributed by atoms with van der Waals surface area (Å²) in [5.41, 5.74) is 0. The topological polar surface area (TPSA) is 54.4 Å². The number of aliphatic hydroxyl groups is 1. The van der Waals surface area contributed by atoms with E-state index in [1.807, 2.05) is 0 Å². The molecule has 15 heavy (non-hydrogen) atoms. The second-order valence-corrected chi connectivity index (χ2v) is 5.73. The Bertz CT molecular complexity index is 382. The first-order chi connectivity index (χ1) is 7.02. The molecule has 1 unspecified atom stereocenters. The van der Waals surface area contributed by atoms with Gasteiger partial charge < -0.3 is 5.11 Å². The lowest BCUT2D eigenvalue weighted by molar-refractivity contribution is 0.184. The van der Waals surface area contributed by atoms with E-state index in [4.69, 9.17) is 5.11 Å². The zero-order valence-corrected chi connectivity index (χ0v) is 9.57. The van der Waals surface area contributed by atoms with Crippen molar-refractivity contribution in [2.45, 2.75) is 30.8 Å². The summed E-state index contributed by atoms with van der Waals surface area (Å²) in [4.78, 5) is 0.357. The third-order valence-electron chi connectivity index (χ3n) is 2.14. The summed E-state index contributed by atoms with van der Waals surface area (Å²) in [5.74, 6) is 0.0991. The number of hydrogen-bond donors (Lipinski definition) is 1. The van der Waals surface area contributed by atoms with Crippen molar-refractivity contribution in [3.8, 4) is 0 Å². The van der Waals surface area contributed by atoms with Crippen LogP contribution in [0.4, 0.5) is 0 Å². The minimum Gasteiger partial charge on any atom is -0.393 e. The van der Waals surface area contributed by atoms with Crippen molar-refractivity contribution in [1.29, 1.82) is 0 Å². The van der Waals surface area contributed by atoms with Crippen molar-refractivity contribution in [2.24, 2.45) is 0 Å². The van der Waals surface area contributed by atoms with Gasteiger partial charge in [0.2, 0.25) is 0 Å². The molecule has 1 rings (SSSR count). The molecule has 84 valence electrons. The van der Waals surface area contributed by atoms with Gasteiger partial charge in [-0.25, -0.2) is 8.42 Å². The minimum absolute atomic E-state index is 0.0991. The van der Waals surface area contributed by atoms with E-state index < -0.39 is 15.9 Å². The summed E-state index contributed by atoms with van der Waals surface area (Å²) in [5, 5.41) is 9.02. The molecule has 4 heteroatoms. The zero-order chi connectivity index (χ0) is 11.3. The quantitative estimate of drug-likeness (QED) is 0.833. The average Bonchev–Trinajstić information content (AvgIpc) is 2.18. The van der Waals surface area contributed by atoms with Crippen molar-refractivity contribution in [3.63, 3.8) is 0 Å². The number of rotatable bonds is 5. The first-order valence-corrected chi connectivity index (χ1v) is 6.63. The molecule has 0 fully saturated rings. The van der Waals surface area contributed by atoms with Crippen molar-refractivity contribution >= 4 is 9.84 Å². The van der Waals surface area contributed by atoms with Gasteiger partial charge in [0.1, 0.15) is 0 Å². The van der Waals surface area contributed by atoms with Crippen molar-refractivity contribution < 1.29 is 13.5 Å². The Hall–Kier alpha value is -0.870. The molecule has 1 aromatic rings. The second-order valence-electron chi connectivity index (χ2n) is 3.62. The van der Waals surface area contributed by atoms with Gasteiger partial charge >= 0.3 is 0 Å². The minimum atomic E-state index is -3.17. The molecule has 1 atom stereocenters. The molecular weight excluding hydrogens is 212 g/mol. The van der Waals surface area contributed by atoms with Crippen LogP contribution in [0.3, 0.4) is 0 Å². The molecule has 0 aliphatic carbocycles. The molecule has 0 spiro atoms. The van der Waals surface area contributed by atoms with Gasteiger partial charge in [-0.2, -0.15) is 0 Å². The van der Waals surface area contributed by atoms with Crippen LogP contribution in [0.2, 0.25) is 0 Å². The third kappa shape index (κ3) is 4.01. The Balaban J connectivity index is 2.61. The maximum Gasteiger partial charge on any atom is 0.178 e. The molecule has 1 aromatic carbocycles. The van der Waals surface area contributed by atoms with E-state index in [1.54, 1.807) is 37.3 Å². The summed E-state index contributed by atoms with van der Waals surface area (Å²) in [7, 11) is -3.17. The van der Waals surface area contributed by atoms with E-state index in [2.05, 4.69) is 0 Å². The fourth-order valence-corrected chi connectivity index (χ4v) is 2.67. The number of aliphatic hydroxyl groups excluding tert-OH is 1. The van der Waals surface area contributed by atoms with Crippen molar-refractivity contribution in [2.75, 3.05) is 5.75 Å². The zero-order valence-electron chi connectivity index (χ0n) is 8.76. The summed E-state index contributed by atoms with van der Waals surface area (Å²) in [6.07, 6.45) is 0.581. The van der Waals surface area contributed by atoms with Crippen molar-refractivity contribution in [3.05, 3.63) is 30.3 Å². The Morgan fingerprint density at radius 2 is 1.87 bits per heavy atom. The van der Waals surface area contributed by atoms with Crippen LogP contribution in [0, 0.1) is 0 Å². The highest BCUT2D eigenvalue weighted by Crippen LogP contribution is 2.12. The maximum atomic E-state index is 11.7. The fraction of sp³-hybridized carbons (Fsp3) is 0.455. The first-order valence-electron chi connectivity index (χ1n) is 4.98. The highest BCUT2D eigenvalue weighted by molar-refractivity contribution is 7.91. The monoisotopic (exact) mass is 228 g/mol. The van der Waals surface area contributed by atoms with E-state index in [0.717, 1.165) is 0 Å². The molecule has 0 aliphatic rings. The van der Waals surface area contributed by atoms with Crippen LogP contribution < -0.4 is 0 Å². The smallest absolute Gasteiger partial charge is 0.178 e. The summed E-state index contributed by atoms with van der Waals surface area (Å²) >= 11 is 0. The number of sulfone groups is 1. The molecule has 0 heterocycles. The van der Waals surface area contributed by atoms with E-state index in [-0.39, 0.29) is 5.75 Å². The molecule has 3 nitrogen and oxygen atoms in total. The largest absolute Gasteiger partial charge is 0.393 e. The van der Waals surface area contributed by atoms with Crippen LogP contribution in [0.1, 0.15) is 19.8 Å². The molecule has 0 bridgehead atoms. The fourth-order valence-electron chi connectivity index (χ4n) is 1.31. The van der Waals surface area contributed by atoms with Gasteiger partial charge in [0.15, 0.2) is 9.84 Å². The SMILES string of the molecule is CC(O)CCCS(=O)(=O)c1ccccc1. The molecular formula is C11H16O3S. The van der Waals surface area contributed by atoms with Gasteiger partial charge in [-0.05, 0) is 31.9 Å². The number of hydrogen-bond acceptors (Lipinski definition) is 3. The number of benzene rings is 1. The van der Waals surface area contributed by atoms with Gasteiger partial charge in [0, 0.05) is 0 Å². The van der Waals surface area contributed by atoms with E-state index in [1.165, 1.54) is 0 Å². The third-order valence-corrected chi connectivity index (χ3v) is 3.95. The van der Waals surface area contributed by atoms with Crippen LogP contribution >= 0.6 is 0 Å². The average molecular weight is 228 g/mol. The Morgan fingerprint density at radius 3 is 2.40 bits per heavy atom. The van der Waals surface area contributed by atoms with E-state index in [9.17, 15) is 8.42 Å². The summed E-state index contributed by atoms with van der Waals surface area (Å²) in [6.45, 7) is 1.66. The standard InChI is InChI=1S/C11H16O3S/c1-10(12)6-5-9-15(13,14)11-7-3-2-4-8-11/h2-4,7-8,10,12H,5-6,9H2,1H3. The normalized spacial score (nSPS) is 13.7. The Labute approximate surface area is 90.7 Å². The molecule has 0 aliphatic heterocycles. The van der Waals surface area contributed by atoms with Gasteiger partial charge in [-0.15, -0.1) is 0 Å². The molecule has 0 amide bonds. The van der Waals surface area contributed by atoms with Gasteiger partial charge in [0.25, 0.3) is 0 Å². The highest BCUT2D eigenvalue weighted by atomic mass is 32.2. The lowest BCUT2D eigenvalue weighted by Gasteiger charge is -2.05. The lowest BCUT2D eigenvalue weighted by atomic mass is 10.2. The molecule has 0 saturated heterocycles. The maximum absolute atomic E-state index is 11.7. The highest BCUT2D eigenvalue weighted by Gasteiger charge is 2.13. The van der Waals surface area contributed by atoms with Crippen LogP contribution in [-0.2, 0) is 9.84 Å². The Kier molecular flexibility index (Phi) is 4.29. The summed E-state index contributed by atoms with van der Waals surface area (Å²) in [6, 6.07) is 8.40. The van der Waals surface area contributed by atoms with Gasteiger partial charge in [-0.1, -0.05) is 18.2 Å². The summed E-state index contributed by atoms with van der Waals surface area (Å²) < 4.78 is 23.5. The predicted octanol–water partition coefficient (Wildman–Crippen LogP) is 1.62.